The molecule has 0 aliphatic carbocycles. The number of nitrogens with one attached hydrogen (secondary N) is 1. The van der Waals surface area contributed by atoms with Gasteiger partial charge in [-0.1, -0.05) is 0 Å². The van der Waals surface area contributed by atoms with Crippen LogP contribution in [0.25, 0.3) is 0 Å². The highest BCUT2D eigenvalue weighted by Crippen LogP contribution is 2.03. The van der Waals surface area contributed by atoms with Crippen LogP contribution in [-0.2, 0) is 11.2 Å². The normalized spacial score (nSPS) is 12.5. The van der Waals surface area contributed by atoms with Crippen molar-refractivity contribution in [3.8, 4) is 0 Å². The lowest BCUT2D eigenvalue weighted by molar-refractivity contribution is -0.119. The molecule has 1 rings (SSSR count). The van der Waals surface area contributed by atoms with Crippen LogP contribution >= 0.6 is 0 Å². The first-order chi connectivity index (χ1) is 5.68. The Morgan fingerprint density at radius 1 is 1.75 bits per heavy atom. The highest BCUT2D eigenvalue weighted by atomic mass is 16.3. The summed E-state index contributed by atoms with van der Waals surface area (Å²) in [6, 6.07) is 2.07. The van der Waals surface area contributed by atoms with E-state index < -0.39 is 0 Å². The highest BCUT2D eigenvalue weighted by Gasteiger charge is 2.04. The van der Waals surface area contributed by atoms with E-state index in [1.54, 1.807) is 12.5 Å². The number of furan rings is 1. The zero-order chi connectivity index (χ0) is 8.97. The summed E-state index contributed by atoms with van der Waals surface area (Å²) in [6.07, 6.45) is 4.14. The third kappa shape index (κ3) is 2.78. The Balaban J connectivity index is 2.36. The Kier molecular flexibility index (Phi) is 2.91. The summed E-state index contributed by atoms with van der Waals surface area (Å²) in [5.41, 5.74) is 1.11. The number of amides is 1. The maximum atomic E-state index is 10.6. The van der Waals surface area contributed by atoms with Gasteiger partial charge in [-0.25, -0.2) is 0 Å². The summed E-state index contributed by atoms with van der Waals surface area (Å²) in [5, 5.41) is 2.80. The van der Waals surface area contributed by atoms with Crippen molar-refractivity contribution in [1.29, 1.82) is 0 Å². The van der Waals surface area contributed by atoms with Crippen LogP contribution in [0.4, 0.5) is 0 Å². The fourth-order valence-electron chi connectivity index (χ4n) is 1.16. The highest BCUT2D eigenvalue weighted by molar-refractivity contribution is 5.73. The molecular formula is C9H13NO2. The van der Waals surface area contributed by atoms with E-state index in [0.29, 0.717) is 0 Å². The van der Waals surface area contributed by atoms with Gasteiger partial charge in [-0.15, -0.1) is 0 Å². The third-order valence-corrected chi connectivity index (χ3v) is 1.57. The van der Waals surface area contributed by atoms with Crippen LogP contribution < -0.4 is 5.32 Å². The van der Waals surface area contributed by atoms with E-state index in [9.17, 15) is 4.79 Å². The van der Waals surface area contributed by atoms with Crippen LogP contribution in [-0.4, -0.2) is 11.9 Å². The number of rotatable bonds is 3. The summed E-state index contributed by atoms with van der Waals surface area (Å²) in [5.74, 6) is 0.00555. The summed E-state index contributed by atoms with van der Waals surface area (Å²) < 4.78 is 4.91. The van der Waals surface area contributed by atoms with Gasteiger partial charge in [0.05, 0.1) is 12.5 Å². The van der Waals surface area contributed by atoms with E-state index in [4.69, 9.17) is 4.42 Å². The van der Waals surface area contributed by atoms with E-state index in [1.807, 2.05) is 13.0 Å². The first kappa shape index (κ1) is 8.84. The average Bonchev–Trinajstić information content (AvgIpc) is 2.37. The minimum Gasteiger partial charge on any atom is -0.472 e. The molecule has 1 amide bonds. The van der Waals surface area contributed by atoms with Gasteiger partial charge in [-0.3, -0.25) is 4.79 Å². The van der Waals surface area contributed by atoms with E-state index in [1.165, 1.54) is 6.92 Å². The number of carbonyl (C=O) groups excluding carboxylic acids is 1. The second-order valence-corrected chi connectivity index (χ2v) is 2.94. The average molecular weight is 167 g/mol. The lowest BCUT2D eigenvalue weighted by Gasteiger charge is -2.09. The van der Waals surface area contributed by atoms with E-state index in [2.05, 4.69) is 5.32 Å². The number of hydrogen-bond donors (Lipinski definition) is 1. The molecule has 66 valence electrons. The summed E-state index contributed by atoms with van der Waals surface area (Å²) >= 11 is 0. The zero-order valence-electron chi connectivity index (χ0n) is 7.33. The minimum atomic E-state index is 0.00555. The van der Waals surface area contributed by atoms with Crippen molar-refractivity contribution in [2.45, 2.75) is 26.3 Å². The Hall–Kier alpha value is -1.25. The number of carbonyl (C=O) groups is 1. The van der Waals surface area contributed by atoms with Gasteiger partial charge in [-0.05, 0) is 25.0 Å². The van der Waals surface area contributed by atoms with Crippen molar-refractivity contribution in [1.82, 2.24) is 5.32 Å². The van der Waals surface area contributed by atoms with Crippen LogP contribution in [0.5, 0.6) is 0 Å². The lowest BCUT2D eigenvalue weighted by Crippen LogP contribution is -2.31. The topological polar surface area (TPSA) is 42.2 Å². The van der Waals surface area contributed by atoms with Gasteiger partial charge in [0.1, 0.15) is 0 Å². The van der Waals surface area contributed by atoms with Crippen molar-refractivity contribution < 1.29 is 9.21 Å². The smallest absolute Gasteiger partial charge is 0.217 e. The molecule has 0 aliphatic rings. The molecule has 3 heteroatoms. The number of hydrogen-bond acceptors (Lipinski definition) is 2. The van der Waals surface area contributed by atoms with Gasteiger partial charge >= 0.3 is 0 Å². The molecule has 12 heavy (non-hydrogen) atoms. The fourth-order valence-corrected chi connectivity index (χ4v) is 1.16. The minimum absolute atomic E-state index is 0.00555. The third-order valence-electron chi connectivity index (χ3n) is 1.57. The molecule has 1 aromatic heterocycles. The van der Waals surface area contributed by atoms with Crippen molar-refractivity contribution in [2.24, 2.45) is 0 Å². The van der Waals surface area contributed by atoms with Crippen molar-refractivity contribution >= 4 is 5.91 Å². The van der Waals surface area contributed by atoms with E-state index in [-0.39, 0.29) is 11.9 Å². The molecule has 1 atom stereocenters. The lowest BCUT2D eigenvalue weighted by atomic mass is 10.1. The van der Waals surface area contributed by atoms with Gasteiger partial charge in [0.15, 0.2) is 0 Å². The molecule has 0 saturated heterocycles. The predicted molar refractivity (Wildman–Crippen MR) is 45.7 cm³/mol. The second kappa shape index (κ2) is 3.95. The van der Waals surface area contributed by atoms with Crippen molar-refractivity contribution in [2.75, 3.05) is 0 Å². The molecule has 0 bridgehead atoms. The molecule has 0 spiro atoms. The summed E-state index contributed by atoms with van der Waals surface area (Å²) in [7, 11) is 0. The first-order valence-electron chi connectivity index (χ1n) is 3.96. The molecule has 3 nitrogen and oxygen atoms in total. The second-order valence-electron chi connectivity index (χ2n) is 2.94. The Morgan fingerprint density at radius 2 is 2.50 bits per heavy atom. The fraction of sp³-hybridized carbons (Fsp3) is 0.444. The van der Waals surface area contributed by atoms with Crippen LogP contribution in [0, 0.1) is 0 Å². The quantitative estimate of drug-likeness (QED) is 0.738. The van der Waals surface area contributed by atoms with Gasteiger partial charge in [0.2, 0.25) is 5.91 Å². The maximum Gasteiger partial charge on any atom is 0.217 e. The molecule has 0 aromatic carbocycles. The van der Waals surface area contributed by atoms with Crippen LogP contribution in [0.3, 0.4) is 0 Å². The Bertz CT molecular complexity index is 241. The summed E-state index contributed by atoms with van der Waals surface area (Å²) in [4.78, 5) is 10.6. The first-order valence-corrected chi connectivity index (χ1v) is 3.96. The largest absolute Gasteiger partial charge is 0.472 e. The molecule has 1 heterocycles. The molecule has 0 aliphatic heterocycles. The maximum absolute atomic E-state index is 10.6. The standard InChI is InChI=1S/C9H13NO2/c1-7(10-8(2)11)5-9-3-4-12-6-9/h3-4,6-7H,5H2,1-2H3,(H,10,11)/t7-/m1/s1. The van der Waals surface area contributed by atoms with Gasteiger partial charge < -0.3 is 9.73 Å². The molecule has 0 radical (unpaired) electrons. The molecule has 0 unspecified atom stereocenters. The van der Waals surface area contributed by atoms with E-state index >= 15 is 0 Å². The molecular weight excluding hydrogens is 154 g/mol. The van der Waals surface area contributed by atoms with Crippen molar-refractivity contribution in [3.05, 3.63) is 24.2 Å². The molecule has 0 saturated carbocycles. The zero-order valence-corrected chi connectivity index (χ0v) is 7.33. The van der Waals surface area contributed by atoms with Gasteiger partial charge in [-0.2, -0.15) is 0 Å². The SMILES string of the molecule is CC(=O)N[C@H](C)Cc1ccoc1. The molecule has 1 N–H and O–H groups in total. The monoisotopic (exact) mass is 167 g/mol. The Labute approximate surface area is 71.8 Å². The van der Waals surface area contributed by atoms with Crippen molar-refractivity contribution in [3.63, 3.8) is 0 Å². The molecule has 0 fully saturated rings. The predicted octanol–water partition coefficient (Wildman–Crippen LogP) is 1.35. The van der Waals surface area contributed by atoms with Gasteiger partial charge in [0, 0.05) is 13.0 Å². The Morgan fingerprint density at radius 3 is 3.00 bits per heavy atom. The van der Waals surface area contributed by atoms with Crippen LogP contribution in [0.2, 0.25) is 0 Å². The van der Waals surface area contributed by atoms with Gasteiger partial charge in [0.25, 0.3) is 0 Å². The van der Waals surface area contributed by atoms with E-state index in [0.717, 1.165) is 12.0 Å². The van der Waals surface area contributed by atoms with Crippen LogP contribution in [0.15, 0.2) is 23.0 Å². The van der Waals surface area contributed by atoms with Crippen LogP contribution in [0.1, 0.15) is 19.4 Å². The summed E-state index contributed by atoms with van der Waals surface area (Å²) in [6.45, 7) is 3.49. The molecule has 1 aromatic rings.